The highest BCUT2D eigenvalue weighted by atomic mass is 32.2. The molecular weight excluding hydrogens is 454 g/mol. The Morgan fingerprint density at radius 1 is 1.03 bits per heavy atom. The average molecular weight is 488 g/mol. The molecule has 184 valence electrons. The van der Waals surface area contributed by atoms with Crippen LogP contribution in [0.5, 0.6) is 0 Å². The molecular formula is C25H33N3O5S. The molecule has 1 saturated heterocycles. The zero-order chi connectivity index (χ0) is 24.9. The second-order valence-electron chi connectivity index (χ2n) is 8.41. The van der Waals surface area contributed by atoms with Crippen LogP contribution in [0, 0.1) is 13.8 Å². The van der Waals surface area contributed by atoms with Crippen LogP contribution < -0.4 is 10.2 Å². The van der Waals surface area contributed by atoms with Gasteiger partial charge in [0, 0.05) is 31.9 Å². The highest BCUT2D eigenvalue weighted by molar-refractivity contribution is 7.89. The van der Waals surface area contributed by atoms with Crippen LogP contribution in [0.25, 0.3) is 0 Å². The molecule has 0 saturated carbocycles. The number of ether oxygens (including phenoxy) is 1. The van der Waals surface area contributed by atoms with Gasteiger partial charge in [-0.05, 0) is 62.1 Å². The maximum atomic E-state index is 13.1. The molecule has 1 aliphatic rings. The lowest BCUT2D eigenvalue weighted by Crippen LogP contribution is -2.31. The van der Waals surface area contributed by atoms with Crippen LogP contribution in [0.3, 0.4) is 0 Å². The predicted molar refractivity (Wildman–Crippen MR) is 133 cm³/mol. The Morgan fingerprint density at radius 2 is 1.71 bits per heavy atom. The summed E-state index contributed by atoms with van der Waals surface area (Å²) in [6.45, 7) is 9.06. The molecule has 0 unspecified atom stereocenters. The van der Waals surface area contributed by atoms with Crippen molar-refractivity contribution in [1.29, 1.82) is 0 Å². The van der Waals surface area contributed by atoms with E-state index in [0.717, 1.165) is 37.1 Å². The topological polar surface area (TPSA) is 96.0 Å². The van der Waals surface area contributed by atoms with E-state index in [1.54, 1.807) is 19.9 Å². The Kier molecular flexibility index (Phi) is 8.33. The third-order valence-electron chi connectivity index (χ3n) is 5.98. The van der Waals surface area contributed by atoms with E-state index in [1.807, 2.05) is 36.9 Å². The summed E-state index contributed by atoms with van der Waals surface area (Å²) in [5, 5.41) is 2.76. The van der Waals surface area contributed by atoms with Crippen LogP contribution in [0.15, 0.2) is 41.3 Å². The fourth-order valence-corrected chi connectivity index (χ4v) is 5.54. The Labute approximate surface area is 201 Å². The zero-order valence-corrected chi connectivity index (χ0v) is 21.1. The molecule has 1 N–H and O–H groups in total. The molecule has 8 nitrogen and oxygen atoms in total. The van der Waals surface area contributed by atoms with Crippen LogP contribution in [0.1, 0.15) is 48.2 Å². The zero-order valence-electron chi connectivity index (χ0n) is 20.3. The Bertz CT molecular complexity index is 1150. The van der Waals surface area contributed by atoms with Gasteiger partial charge in [-0.3, -0.25) is 4.79 Å². The highest BCUT2D eigenvalue weighted by Gasteiger charge is 2.27. The normalized spacial score (nSPS) is 13.9. The summed E-state index contributed by atoms with van der Waals surface area (Å²) in [4.78, 5) is 27.6. The van der Waals surface area contributed by atoms with E-state index >= 15 is 0 Å². The van der Waals surface area contributed by atoms with Gasteiger partial charge in [0.1, 0.15) is 0 Å². The number of carbonyl (C=O) groups excluding carboxylic acids is 2. The van der Waals surface area contributed by atoms with Crippen molar-refractivity contribution in [3.8, 4) is 0 Å². The minimum absolute atomic E-state index is 0.0333. The van der Waals surface area contributed by atoms with Gasteiger partial charge in [0.15, 0.2) is 6.61 Å². The number of esters is 1. The van der Waals surface area contributed by atoms with E-state index in [9.17, 15) is 18.0 Å². The average Bonchev–Trinajstić information content (AvgIpc) is 3.35. The molecule has 0 aromatic heterocycles. The first-order valence-corrected chi connectivity index (χ1v) is 13.0. The van der Waals surface area contributed by atoms with E-state index in [-0.39, 0.29) is 10.5 Å². The van der Waals surface area contributed by atoms with E-state index < -0.39 is 28.5 Å². The van der Waals surface area contributed by atoms with Crippen molar-refractivity contribution >= 4 is 33.3 Å². The van der Waals surface area contributed by atoms with Gasteiger partial charge in [-0.2, -0.15) is 4.31 Å². The monoisotopic (exact) mass is 487 g/mol. The predicted octanol–water partition coefficient (Wildman–Crippen LogP) is 3.73. The van der Waals surface area contributed by atoms with Crippen LogP contribution >= 0.6 is 0 Å². The van der Waals surface area contributed by atoms with Crippen LogP contribution in [-0.4, -0.2) is 57.4 Å². The van der Waals surface area contributed by atoms with Crippen molar-refractivity contribution in [2.75, 3.05) is 43.0 Å². The lowest BCUT2D eigenvalue weighted by atomic mass is 10.1. The molecule has 0 spiro atoms. The smallest absolute Gasteiger partial charge is 0.340 e. The molecule has 1 heterocycles. The molecule has 1 fully saturated rings. The number of carbonyl (C=O) groups is 2. The summed E-state index contributed by atoms with van der Waals surface area (Å²) in [7, 11) is -3.75. The van der Waals surface area contributed by atoms with Gasteiger partial charge in [0.2, 0.25) is 10.0 Å². The van der Waals surface area contributed by atoms with Crippen LogP contribution in [-0.2, 0) is 19.6 Å². The maximum absolute atomic E-state index is 13.1. The van der Waals surface area contributed by atoms with E-state index in [1.165, 1.54) is 16.4 Å². The number of benzene rings is 2. The molecule has 1 aliphatic heterocycles. The molecule has 0 radical (unpaired) electrons. The summed E-state index contributed by atoms with van der Waals surface area (Å²) in [5.41, 5.74) is 3.33. The summed E-state index contributed by atoms with van der Waals surface area (Å²) in [5.74, 6) is -1.19. The van der Waals surface area contributed by atoms with Crippen molar-refractivity contribution in [1.82, 2.24) is 4.31 Å². The number of hydrogen-bond acceptors (Lipinski definition) is 6. The number of aryl methyl sites for hydroxylation is 2. The van der Waals surface area contributed by atoms with Crippen molar-refractivity contribution in [2.24, 2.45) is 0 Å². The quantitative estimate of drug-likeness (QED) is 0.542. The van der Waals surface area contributed by atoms with Crippen LogP contribution in [0.2, 0.25) is 0 Å². The number of nitrogens with one attached hydrogen (secondary N) is 1. The Hall–Kier alpha value is -2.91. The first-order valence-electron chi connectivity index (χ1n) is 11.6. The van der Waals surface area contributed by atoms with Crippen molar-refractivity contribution in [2.45, 2.75) is 45.4 Å². The minimum Gasteiger partial charge on any atom is -0.452 e. The standard InChI is InChI=1S/C25H33N3O5S/c1-5-28(6-2)34(31,32)20-11-12-23(27-13-7-8-14-27)21(16-20)25(30)33-17-24(29)26-22-15-18(3)9-10-19(22)4/h9-12,15-16H,5-8,13-14,17H2,1-4H3,(H,26,29). The largest absolute Gasteiger partial charge is 0.452 e. The summed E-state index contributed by atoms with van der Waals surface area (Å²) >= 11 is 0. The van der Waals surface area contributed by atoms with Gasteiger partial charge in [-0.1, -0.05) is 26.0 Å². The Morgan fingerprint density at radius 3 is 2.35 bits per heavy atom. The van der Waals surface area contributed by atoms with Gasteiger partial charge >= 0.3 is 5.97 Å². The highest BCUT2D eigenvalue weighted by Crippen LogP contribution is 2.29. The first-order chi connectivity index (χ1) is 16.2. The minimum atomic E-state index is -3.75. The van der Waals surface area contributed by atoms with Crippen LogP contribution in [0.4, 0.5) is 11.4 Å². The van der Waals surface area contributed by atoms with Gasteiger partial charge in [0.05, 0.1) is 16.1 Å². The molecule has 34 heavy (non-hydrogen) atoms. The van der Waals surface area contributed by atoms with Crippen molar-refractivity contribution in [3.05, 3.63) is 53.1 Å². The van der Waals surface area contributed by atoms with Gasteiger partial charge in [-0.25, -0.2) is 13.2 Å². The molecule has 2 aromatic carbocycles. The molecule has 3 rings (SSSR count). The van der Waals surface area contributed by atoms with Gasteiger partial charge < -0.3 is 15.0 Å². The van der Waals surface area contributed by atoms with Crippen molar-refractivity contribution in [3.63, 3.8) is 0 Å². The molecule has 0 aliphatic carbocycles. The summed E-state index contributed by atoms with van der Waals surface area (Å²) in [6, 6.07) is 10.3. The van der Waals surface area contributed by atoms with E-state index in [0.29, 0.717) is 24.5 Å². The lowest BCUT2D eigenvalue weighted by Gasteiger charge is -2.23. The molecule has 1 amide bonds. The SMILES string of the molecule is CCN(CC)S(=O)(=O)c1ccc(N2CCCC2)c(C(=O)OCC(=O)Nc2cc(C)ccc2C)c1. The van der Waals surface area contributed by atoms with Gasteiger partial charge in [-0.15, -0.1) is 0 Å². The fourth-order valence-electron chi connectivity index (χ4n) is 4.05. The van der Waals surface area contributed by atoms with E-state index in [4.69, 9.17) is 4.74 Å². The molecule has 0 bridgehead atoms. The fraction of sp³-hybridized carbons (Fsp3) is 0.440. The molecule has 2 aromatic rings. The Balaban J connectivity index is 1.83. The lowest BCUT2D eigenvalue weighted by molar-refractivity contribution is -0.119. The van der Waals surface area contributed by atoms with E-state index in [2.05, 4.69) is 5.32 Å². The molecule has 9 heteroatoms. The summed E-state index contributed by atoms with van der Waals surface area (Å²) in [6.07, 6.45) is 1.98. The summed E-state index contributed by atoms with van der Waals surface area (Å²) < 4.78 is 32.7. The first kappa shape index (κ1) is 25.7. The number of anilines is 2. The molecule has 0 atom stereocenters. The number of nitrogens with zero attached hydrogens (tertiary/aromatic N) is 2. The number of amides is 1. The van der Waals surface area contributed by atoms with Crippen molar-refractivity contribution < 1.29 is 22.7 Å². The number of sulfonamides is 1. The maximum Gasteiger partial charge on any atom is 0.340 e. The second kappa shape index (κ2) is 11.0. The number of rotatable bonds is 9. The second-order valence-corrected chi connectivity index (χ2v) is 10.3. The number of hydrogen-bond donors (Lipinski definition) is 1. The third-order valence-corrected chi connectivity index (χ3v) is 8.03. The van der Waals surface area contributed by atoms with Gasteiger partial charge in [0.25, 0.3) is 5.91 Å². The third kappa shape index (κ3) is 5.77.